The van der Waals surface area contributed by atoms with Crippen LogP contribution in [0.25, 0.3) is 0 Å². The Hall–Kier alpha value is -2.05. The van der Waals surface area contributed by atoms with Crippen LogP contribution in [-0.4, -0.2) is 52.6 Å². The first-order valence-electron chi connectivity index (χ1n) is 8.34. The van der Waals surface area contributed by atoms with Gasteiger partial charge in [0.25, 0.3) is 5.91 Å². The minimum absolute atomic E-state index is 0.0213. The van der Waals surface area contributed by atoms with Crippen LogP contribution in [-0.2, 0) is 0 Å². The molecule has 1 aromatic rings. The highest BCUT2D eigenvalue weighted by molar-refractivity contribution is 5.93. The van der Waals surface area contributed by atoms with Crippen molar-refractivity contribution in [2.24, 2.45) is 0 Å². The summed E-state index contributed by atoms with van der Waals surface area (Å²) in [6, 6.07) is 0.612. The van der Waals surface area contributed by atoms with Crippen molar-refractivity contribution in [3.63, 3.8) is 0 Å². The van der Waals surface area contributed by atoms with Crippen LogP contribution in [0.2, 0.25) is 0 Å². The van der Waals surface area contributed by atoms with Crippen LogP contribution < -0.4 is 10.6 Å². The Kier molecular flexibility index (Phi) is 4.28. The van der Waals surface area contributed by atoms with E-state index in [0.717, 1.165) is 50.3 Å². The molecule has 2 fully saturated rings. The van der Waals surface area contributed by atoms with Gasteiger partial charge in [-0.3, -0.25) is 4.79 Å². The van der Waals surface area contributed by atoms with Crippen molar-refractivity contribution in [2.75, 3.05) is 20.1 Å². The largest absolute Gasteiger partial charge is 0.348 e. The molecule has 0 aromatic carbocycles. The lowest BCUT2D eigenvalue weighted by molar-refractivity contribution is 0.0945. The molecule has 3 rings (SSSR count). The second-order valence-electron chi connectivity index (χ2n) is 6.48. The van der Waals surface area contributed by atoms with E-state index in [1.807, 2.05) is 18.7 Å². The normalized spacial score (nSPS) is 18.8. The summed E-state index contributed by atoms with van der Waals surface area (Å²) in [6.07, 6.45) is 3.91. The number of aromatic nitrogens is 2. The van der Waals surface area contributed by atoms with Crippen molar-refractivity contribution >= 4 is 11.9 Å². The molecule has 23 heavy (non-hydrogen) atoms. The molecule has 0 radical (unpaired) electrons. The molecule has 1 aliphatic heterocycles. The summed E-state index contributed by atoms with van der Waals surface area (Å²) < 4.78 is 2.17. The molecule has 3 amide bonds. The number of likely N-dealkylation sites (tertiary alicyclic amines) is 1. The average Bonchev–Trinajstić information content (AvgIpc) is 3.31. The molecule has 0 unspecified atom stereocenters. The van der Waals surface area contributed by atoms with Gasteiger partial charge in [0.05, 0.1) is 0 Å². The van der Waals surface area contributed by atoms with Crippen molar-refractivity contribution in [1.82, 2.24) is 25.1 Å². The van der Waals surface area contributed by atoms with Gasteiger partial charge in [0.1, 0.15) is 11.5 Å². The minimum Gasteiger partial charge on any atom is -0.348 e. The molecule has 7 heteroatoms. The van der Waals surface area contributed by atoms with Gasteiger partial charge < -0.3 is 20.1 Å². The summed E-state index contributed by atoms with van der Waals surface area (Å²) >= 11 is 0. The van der Waals surface area contributed by atoms with Crippen molar-refractivity contribution in [3.05, 3.63) is 17.2 Å². The first kappa shape index (κ1) is 15.8. The van der Waals surface area contributed by atoms with Gasteiger partial charge in [-0.05, 0) is 39.5 Å². The lowest BCUT2D eigenvalue weighted by atomic mass is 10.0. The fraction of sp³-hybridized carbons (Fsp3) is 0.688. The maximum Gasteiger partial charge on any atom is 0.317 e. The molecule has 0 bridgehead atoms. The van der Waals surface area contributed by atoms with E-state index in [4.69, 9.17) is 0 Å². The fourth-order valence-corrected chi connectivity index (χ4v) is 3.37. The quantitative estimate of drug-likeness (QED) is 0.883. The van der Waals surface area contributed by atoms with Gasteiger partial charge in [0.2, 0.25) is 0 Å². The summed E-state index contributed by atoms with van der Waals surface area (Å²) in [5.41, 5.74) is 1.47. The number of nitrogens with zero attached hydrogens (tertiary/aromatic N) is 3. The minimum atomic E-state index is -0.0605. The molecule has 1 aromatic heterocycles. The third-order valence-electron chi connectivity index (χ3n) is 4.78. The fourth-order valence-electron chi connectivity index (χ4n) is 3.37. The Morgan fingerprint density at radius 2 is 1.78 bits per heavy atom. The predicted molar refractivity (Wildman–Crippen MR) is 86.5 cm³/mol. The average molecular weight is 319 g/mol. The van der Waals surface area contributed by atoms with E-state index in [2.05, 4.69) is 20.2 Å². The number of rotatable bonds is 3. The summed E-state index contributed by atoms with van der Waals surface area (Å²) in [6.45, 7) is 5.37. The molecule has 2 N–H and O–H groups in total. The Balaban J connectivity index is 1.72. The number of hydrogen-bond acceptors (Lipinski definition) is 3. The van der Waals surface area contributed by atoms with Gasteiger partial charge in [0, 0.05) is 37.9 Å². The summed E-state index contributed by atoms with van der Waals surface area (Å²) in [4.78, 5) is 30.3. The van der Waals surface area contributed by atoms with E-state index in [1.165, 1.54) is 0 Å². The monoisotopic (exact) mass is 319 g/mol. The number of imidazole rings is 1. The van der Waals surface area contributed by atoms with E-state index in [1.54, 1.807) is 7.05 Å². The molecule has 2 heterocycles. The summed E-state index contributed by atoms with van der Waals surface area (Å²) in [5.74, 6) is 0.816. The van der Waals surface area contributed by atoms with Crippen molar-refractivity contribution < 1.29 is 9.59 Å². The number of amides is 3. The maximum atomic E-state index is 12.3. The van der Waals surface area contributed by atoms with E-state index >= 15 is 0 Å². The lowest BCUT2D eigenvalue weighted by Gasteiger charge is -2.33. The van der Waals surface area contributed by atoms with Crippen LogP contribution in [0.1, 0.15) is 53.7 Å². The second kappa shape index (κ2) is 6.22. The van der Waals surface area contributed by atoms with Crippen molar-refractivity contribution in [1.29, 1.82) is 0 Å². The van der Waals surface area contributed by atoms with Gasteiger partial charge in [-0.15, -0.1) is 0 Å². The predicted octanol–water partition coefficient (Wildman–Crippen LogP) is 1.37. The molecule has 126 valence electrons. The van der Waals surface area contributed by atoms with Gasteiger partial charge >= 0.3 is 6.03 Å². The Morgan fingerprint density at radius 3 is 2.35 bits per heavy atom. The molecule has 2 aliphatic rings. The number of hydrogen-bond donors (Lipinski definition) is 2. The number of carbonyl (C=O) groups is 2. The van der Waals surface area contributed by atoms with Crippen LogP contribution in [0.3, 0.4) is 0 Å². The van der Waals surface area contributed by atoms with Gasteiger partial charge in [-0.1, -0.05) is 0 Å². The number of nitrogens with one attached hydrogen (secondary N) is 2. The van der Waals surface area contributed by atoms with Crippen LogP contribution in [0.4, 0.5) is 4.79 Å². The van der Waals surface area contributed by atoms with E-state index in [9.17, 15) is 9.59 Å². The van der Waals surface area contributed by atoms with Crippen LogP contribution in [0.5, 0.6) is 0 Å². The standard InChI is InChI=1S/C16H25N5O2/c1-10-14(15(22)19-12-4-5-12)18-11(2)21(10)13-6-8-20(9-7-13)16(23)17-3/h12-13H,4-9H2,1-3H3,(H,17,23)(H,19,22). The summed E-state index contributed by atoms with van der Waals surface area (Å²) in [7, 11) is 1.66. The number of urea groups is 1. The zero-order valence-corrected chi connectivity index (χ0v) is 14.1. The Bertz CT molecular complexity index is 612. The van der Waals surface area contributed by atoms with Crippen LogP contribution in [0.15, 0.2) is 0 Å². The third-order valence-corrected chi connectivity index (χ3v) is 4.78. The van der Waals surface area contributed by atoms with Gasteiger partial charge in [-0.2, -0.15) is 0 Å². The highest BCUT2D eigenvalue weighted by Gasteiger charge is 2.29. The zero-order valence-electron chi connectivity index (χ0n) is 14.1. The van der Waals surface area contributed by atoms with E-state index in [-0.39, 0.29) is 11.9 Å². The lowest BCUT2D eigenvalue weighted by Crippen LogP contribution is -2.43. The first-order valence-corrected chi connectivity index (χ1v) is 8.34. The van der Waals surface area contributed by atoms with E-state index < -0.39 is 0 Å². The zero-order chi connectivity index (χ0) is 16.6. The van der Waals surface area contributed by atoms with Crippen LogP contribution in [0, 0.1) is 13.8 Å². The number of piperidine rings is 1. The number of carbonyl (C=O) groups excluding carboxylic acids is 2. The van der Waals surface area contributed by atoms with Crippen molar-refractivity contribution in [2.45, 2.75) is 51.6 Å². The van der Waals surface area contributed by atoms with Gasteiger partial charge in [0.15, 0.2) is 0 Å². The molecule has 0 atom stereocenters. The van der Waals surface area contributed by atoms with Crippen LogP contribution >= 0.6 is 0 Å². The Labute approximate surface area is 136 Å². The number of aryl methyl sites for hydroxylation is 1. The molecule has 0 spiro atoms. The molecular formula is C16H25N5O2. The second-order valence-corrected chi connectivity index (χ2v) is 6.48. The SMILES string of the molecule is CNC(=O)N1CCC(n2c(C)nc(C(=O)NC3CC3)c2C)CC1. The molecule has 7 nitrogen and oxygen atoms in total. The first-order chi connectivity index (χ1) is 11.0. The topological polar surface area (TPSA) is 79.3 Å². The molecule has 1 saturated heterocycles. The molecule has 1 saturated carbocycles. The molecule has 1 aliphatic carbocycles. The summed E-state index contributed by atoms with van der Waals surface area (Å²) in [5, 5.41) is 5.68. The maximum absolute atomic E-state index is 12.3. The Morgan fingerprint density at radius 1 is 1.13 bits per heavy atom. The third kappa shape index (κ3) is 3.18. The van der Waals surface area contributed by atoms with Gasteiger partial charge in [-0.25, -0.2) is 9.78 Å². The highest BCUT2D eigenvalue weighted by Crippen LogP contribution is 2.27. The molecular weight excluding hydrogens is 294 g/mol. The smallest absolute Gasteiger partial charge is 0.317 e. The van der Waals surface area contributed by atoms with Crippen molar-refractivity contribution in [3.8, 4) is 0 Å². The highest BCUT2D eigenvalue weighted by atomic mass is 16.2. The van der Waals surface area contributed by atoms with E-state index in [0.29, 0.717) is 17.8 Å².